The minimum absolute atomic E-state index is 0.386. The van der Waals surface area contributed by atoms with Crippen molar-refractivity contribution in [3.05, 3.63) is 29.0 Å². The van der Waals surface area contributed by atoms with Crippen molar-refractivity contribution >= 4 is 11.6 Å². The Labute approximate surface area is 102 Å². The molecule has 1 saturated carbocycles. The lowest BCUT2D eigenvalue weighted by Crippen LogP contribution is -2.11. The first-order valence-corrected chi connectivity index (χ1v) is 6.43. The molecular formula is C13H18ClNO. The molecule has 0 bridgehead atoms. The third kappa shape index (κ3) is 3.19. The Hall–Kier alpha value is -0.600. The van der Waals surface area contributed by atoms with E-state index in [1.54, 1.807) is 12.3 Å². The van der Waals surface area contributed by atoms with Crippen LogP contribution < -0.4 is 0 Å². The van der Waals surface area contributed by atoms with E-state index in [0.717, 1.165) is 12.0 Å². The summed E-state index contributed by atoms with van der Waals surface area (Å²) in [5.74, 6) is 0.677. The normalized spacial score (nSPS) is 19.6. The molecule has 1 aromatic rings. The van der Waals surface area contributed by atoms with E-state index in [1.807, 2.05) is 6.07 Å². The lowest BCUT2D eigenvalue weighted by molar-refractivity contribution is 0.131. The fourth-order valence-corrected chi connectivity index (χ4v) is 2.68. The fourth-order valence-electron chi connectivity index (χ4n) is 2.50. The SMILES string of the molecule is OC(CC1CCCCC1)c1ccnc(Cl)c1. The van der Waals surface area contributed by atoms with E-state index in [4.69, 9.17) is 11.6 Å². The number of pyridine rings is 1. The van der Waals surface area contributed by atoms with Crippen LogP contribution in [0.1, 0.15) is 50.2 Å². The molecule has 2 rings (SSSR count). The molecule has 1 N–H and O–H groups in total. The maximum Gasteiger partial charge on any atom is 0.129 e. The summed E-state index contributed by atoms with van der Waals surface area (Å²) >= 11 is 5.81. The number of hydrogen-bond acceptors (Lipinski definition) is 2. The van der Waals surface area contributed by atoms with Gasteiger partial charge < -0.3 is 5.11 Å². The Morgan fingerprint density at radius 2 is 2.12 bits per heavy atom. The monoisotopic (exact) mass is 239 g/mol. The molecule has 0 aliphatic heterocycles. The molecule has 2 nitrogen and oxygen atoms in total. The van der Waals surface area contributed by atoms with Gasteiger partial charge in [0.05, 0.1) is 6.10 Å². The van der Waals surface area contributed by atoms with Crippen LogP contribution in [0.15, 0.2) is 18.3 Å². The molecule has 1 atom stereocenters. The smallest absolute Gasteiger partial charge is 0.129 e. The third-order valence-corrected chi connectivity index (χ3v) is 3.62. The van der Waals surface area contributed by atoms with E-state index < -0.39 is 0 Å². The van der Waals surface area contributed by atoms with Crippen molar-refractivity contribution in [2.24, 2.45) is 5.92 Å². The Bertz CT molecular complexity index is 336. The zero-order valence-electron chi connectivity index (χ0n) is 9.40. The highest BCUT2D eigenvalue weighted by Crippen LogP contribution is 2.31. The first-order valence-electron chi connectivity index (χ1n) is 6.05. The van der Waals surface area contributed by atoms with Crippen LogP contribution in [0.4, 0.5) is 0 Å². The topological polar surface area (TPSA) is 33.1 Å². The second-order valence-electron chi connectivity index (χ2n) is 4.67. The molecule has 0 spiro atoms. The number of aliphatic hydroxyl groups excluding tert-OH is 1. The number of aliphatic hydroxyl groups is 1. The summed E-state index contributed by atoms with van der Waals surface area (Å²) in [5, 5.41) is 10.6. The molecule has 1 heterocycles. The molecule has 3 heteroatoms. The minimum Gasteiger partial charge on any atom is -0.388 e. The first kappa shape index (κ1) is 11.9. The van der Waals surface area contributed by atoms with Crippen molar-refractivity contribution in [1.82, 2.24) is 4.98 Å². The molecule has 1 aliphatic rings. The number of aromatic nitrogens is 1. The van der Waals surface area contributed by atoms with E-state index in [0.29, 0.717) is 11.1 Å². The van der Waals surface area contributed by atoms with Crippen LogP contribution in [-0.2, 0) is 0 Å². The van der Waals surface area contributed by atoms with Crippen molar-refractivity contribution in [1.29, 1.82) is 0 Å². The van der Waals surface area contributed by atoms with Crippen LogP contribution in [0.25, 0.3) is 0 Å². The van der Waals surface area contributed by atoms with Crippen LogP contribution >= 0.6 is 11.6 Å². The Balaban J connectivity index is 1.94. The predicted octanol–water partition coefficient (Wildman–Crippen LogP) is 3.74. The maximum atomic E-state index is 10.1. The molecule has 0 radical (unpaired) electrons. The van der Waals surface area contributed by atoms with E-state index in [1.165, 1.54) is 32.1 Å². The molecular weight excluding hydrogens is 222 g/mol. The lowest BCUT2D eigenvalue weighted by atomic mass is 9.84. The molecule has 1 aliphatic carbocycles. The first-order chi connectivity index (χ1) is 7.75. The summed E-state index contributed by atoms with van der Waals surface area (Å²) < 4.78 is 0. The van der Waals surface area contributed by atoms with E-state index >= 15 is 0 Å². The van der Waals surface area contributed by atoms with E-state index in [2.05, 4.69) is 4.98 Å². The second kappa shape index (κ2) is 5.65. The lowest BCUT2D eigenvalue weighted by Gasteiger charge is -2.24. The Kier molecular flexibility index (Phi) is 4.19. The van der Waals surface area contributed by atoms with Crippen LogP contribution in [-0.4, -0.2) is 10.1 Å². The minimum atomic E-state index is -0.386. The Morgan fingerprint density at radius 1 is 1.38 bits per heavy atom. The van der Waals surface area contributed by atoms with Crippen LogP contribution in [0, 0.1) is 5.92 Å². The van der Waals surface area contributed by atoms with Gasteiger partial charge in [-0.2, -0.15) is 0 Å². The van der Waals surface area contributed by atoms with Crippen molar-refractivity contribution in [2.75, 3.05) is 0 Å². The van der Waals surface area contributed by atoms with Gasteiger partial charge in [0.15, 0.2) is 0 Å². The summed E-state index contributed by atoms with van der Waals surface area (Å²) in [6, 6.07) is 3.61. The highest BCUT2D eigenvalue weighted by molar-refractivity contribution is 6.29. The van der Waals surface area contributed by atoms with Crippen LogP contribution in [0.5, 0.6) is 0 Å². The van der Waals surface area contributed by atoms with Crippen molar-refractivity contribution in [3.63, 3.8) is 0 Å². The number of rotatable bonds is 3. The molecule has 1 aromatic heterocycles. The third-order valence-electron chi connectivity index (χ3n) is 3.42. The van der Waals surface area contributed by atoms with Gasteiger partial charge in [0, 0.05) is 6.20 Å². The summed E-state index contributed by atoms with van der Waals surface area (Å²) in [6.07, 6.45) is 8.63. The van der Waals surface area contributed by atoms with E-state index in [9.17, 15) is 5.11 Å². The predicted molar refractivity (Wildman–Crippen MR) is 65.4 cm³/mol. The maximum absolute atomic E-state index is 10.1. The fraction of sp³-hybridized carbons (Fsp3) is 0.615. The van der Waals surface area contributed by atoms with Crippen molar-refractivity contribution in [3.8, 4) is 0 Å². The zero-order valence-corrected chi connectivity index (χ0v) is 10.2. The van der Waals surface area contributed by atoms with Crippen LogP contribution in [0.2, 0.25) is 5.15 Å². The molecule has 0 aromatic carbocycles. The number of halogens is 1. The van der Waals surface area contributed by atoms with Crippen molar-refractivity contribution in [2.45, 2.75) is 44.6 Å². The highest BCUT2D eigenvalue weighted by atomic mass is 35.5. The van der Waals surface area contributed by atoms with Gasteiger partial charge in [-0.15, -0.1) is 0 Å². The molecule has 1 fully saturated rings. The van der Waals surface area contributed by atoms with E-state index in [-0.39, 0.29) is 6.10 Å². The van der Waals surface area contributed by atoms with Gasteiger partial charge in [-0.1, -0.05) is 43.7 Å². The van der Waals surface area contributed by atoms with Crippen LogP contribution in [0.3, 0.4) is 0 Å². The van der Waals surface area contributed by atoms with Gasteiger partial charge in [-0.25, -0.2) is 4.98 Å². The molecule has 1 unspecified atom stereocenters. The van der Waals surface area contributed by atoms with Gasteiger partial charge in [0.1, 0.15) is 5.15 Å². The average Bonchev–Trinajstić information content (AvgIpc) is 2.30. The molecule has 0 saturated heterocycles. The quantitative estimate of drug-likeness (QED) is 0.816. The van der Waals surface area contributed by atoms with Crippen molar-refractivity contribution < 1.29 is 5.11 Å². The molecule has 16 heavy (non-hydrogen) atoms. The number of nitrogens with zero attached hydrogens (tertiary/aromatic N) is 1. The summed E-state index contributed by atoms with van der Waals surface area (Å²) in [7, 11) is 0. The standard InChI is InChI=1S/C13H18ClNO/c14-13-9-11(6-7-15-13)12(16)8-10-4-2-1-3-5-10/h6-7,9-10,12,16H,1-5,8H2. The summed E-state index contributed by atoms with van der Waals surface area (Å²) in [6.45, 7) is 0. The van der Waals surface area contributed by atoms with Gasteiger partial charge in [0.2, 0.25) is 0 Å². The zero-order chi connectivity index (χ0) is 11.4. The largest absolute Gasteiger partial charge is 0.388 e. The Morgan fingerprint density at radius 3 is 2.81 bits per heavy atom. The van der Waals surface area contributed by atoms with Gasteiger partial charge in [0.25, 0.3) is 0 Å². The average molecular weight is 240 g/mol. The van der Waals surface area contributed by atoms with Gasteiger partial charge >= 0.3 is 0 Å². The van der Waals surface area contributed by atoms with Gasteiger partial charge in [-0.05, 0) is 30.0 Å². The summed E-state index contributed by atoms with van der Waals surface area (Å²) in [5.41, 5.74) is 0.894. The highest BCUT2D eigenvalue weighted by Gasteiger charge is 2.18. The number of hydrogen-bond donors (Lipinski definition) is 1. The molecule has 0 amide bonds. The second-order valence-corrected chi connectivity index (χ2v) is 5.05. The van der Waals surface area contributed by atoms with Gasteiger partial charge in [-0.3, -0.25) is 0 Å². The summed E-state index contributed by atoms with van der Waals surface area (Å²) in [4.78, 5) is 3.92. The molecule has 88 valence electrons.